The number of hydrogen-bond acceptors (Lipinski definition) is 4. The summed E-state index contributed by atoms with van der Waals surface area (Å²) in [6.45, 7) is 2.70. The maximum atomic E-state index is 12.6. The third kappa shape index (κ3) is 3.98. The maximum absolute atomic E-state index is 12.6. The molecule has 0 radical (unpaired) electrons. The first-order valence-electron chi connectivity index (χ1n) is 6.55. The molecule has 0 saturated carbocycles. The Morgan fingerprint density at radius 1 is 1.10 bits per heavy atom. The van der Waals surface area contributed by atoms with Gasteiger partial charge in [0, 0.05) is 18.6 Å². The van der Waals surface area contributed by atoms with Crippen LogP contribution >= 0.6 is 0 Å². The van der Waals surface area contributed by atoms with E-state index >= 15 is 0 Å². The molecule has 1 N–H and O–H groups in total. The molecule has 1 unspecified atom stereocenters. The van der Waals surface area contributed by atoms with Crippen molar-refractivity contribution in [2.45, 2.75) is 25.6 Å². The summed E-state index contributed by atoms with van der Waals surface area (Å²) in [5, 5.41) is 3.21. The van der Waals surface area contributed by atoms with E-state index in [9.17, 15) is 13.2 Å². The van der Waals surface area contributed by atoms with E-state index in [1.165, 1.54) is 6.07 Å². The van der Waals surface area contributed by atoms with Gasteiger partial charge in [0.15, 0.2) is 0 Å². The van der Waals surface area contributed by atoms with Crippen molar-refractivity contribution in [2.24, 2.45) is 0 Å². The van der Waals surface area contributed by atoms with Crippen LogP contribution in [0, 0.1) is 0 Å². The highest BCUT2D eigenvalue weighted by molar-refractivity contribution is 5.24. The molecule has 2 rings (SSSR count). The van der Waals surface area contributed by atoms with Gasteiger partial charge in [-0.2, -0.15) is 13.2 Å². The largest absolute Gasteiger partial charge is 0.417 e. The lowest BCUT2D eigenvalue weighted by Gasteiger charge is -2.17. The number of nitrogens with one attached hydrogen (secondary N) is 1. The summed E-state index contributed by atoms with van der Waals surface area (Å²) in [5.41, 5.74) is 0.342. The van der Waals surface area contributed by atoms with Gasteiger partial charge in [0.1, 0.15) is 0 Å². The van der Waals surface area contributed by atoms with Crippen LogP contribution in [0.25, 0.3) is 0 Å². The number of rotatable bonds is 5. The first-order chi connectivity index (χ1) is 10.0. The second-order valence-electron chi connectivity index (χ2n) is 4.49. The van der Waals surface area contributed by atoms with Gasteiger partial charge in [-0.1, -0.05) is 6.92 Å². The van der Waals surface area contributed by atoms with Gasteiger partial charge in [-0.3, -0.25) is 15.0 Å². The molecular weight excluding hydrogens is 281 g/mol. The normalized spacial score (nSPS) is 13.1. The van der Waals surface area contributed by atoms with Crippen LogP contribution in [-0.2, 0) is 6.18 Å². The topological polar surface area (TPSA) is 50.7 Å². The zero-order valence-corrected chi connectivity index (χ0v) is 11.4. The van der Waals surface area contributed by atoms with E-state index in [0.29, 0.717) is 17.9 Å². The molecule has 0 spiro atoms. The van der Waals surface area contributed by atoms with Crippen LogP contribution < -0.4 is 5.32 Å². The van der Waals surface area contributed by atoms with E-state index in [1.54, 1.807) is 18.6 Å². The van der Waals surface area contributed by atoms with Crippen molar-refractivity contribution in [3.63, 3.8) is 0 Å². The van der Waals surface area contributed by atoms with Crippen LogP contribution in [0.5, 0.6) is 0 Å². The lowest BCUT2D eigenvalue weighted by molar-refractivity contribution is -0.137. The molecule has 112 valence electrons. The average molecular weight is 296 g/mol. The minimum absolute atomic E-state index is 0.374. The summed E-state index contributed by atoms with van der Waals surface area (Å²) in [7, 11) is 0. The number of hydrogen-bond donors (Lipinski definition) is 1. The van der Waals surface area contributed by atoms with Gasteiger partial charge >= 0.3 is 6.18 Å². The Hall–Kier alpha value is -2.02. The van der Waals surface area contributed by atoms with Crippen molar-refractivity contribution in [2.75, 3.05) is 6.54 Å². The van der Waals surface area contributed by atoms with Crippen molar-refractivity contribution < 1.29 is 13.2 Å². The van der Waals surface area contributed by atoms with Gasteiger partial charge in [0.2, 0.25) is 0 Å². The molecule has 0 bridgehead atoms. The molecule has 2 heterocycles. The SMILES string of the molecule is CCCNC(c1ccc(C(F)(F)F)cn1)c1cnccn1. The summed E-state index contributed by atoms with van der Waals surface area (Å²) in [6, 6.07) is 2.02. The van der Waals surface area contributed by atoms with Crippen molar-refractivity contribution in [1.29, 1.82) is 0 Å². The molecule has 7 heteroatoms. The molecule has 0 aromatic carbocycles. The third-order valence-electron chi connectivity index (χ3n) is 2.89. The summed E-state index contributed by atoms with van der Waals surface area (Å²) in [5.74, 6) is 0. The number of alkyl halides is 3. The first kappa shape index (κ1) is 15.4. The Balaban J connectivity index is 2.29. The molecule has 2 aromatic heterocycles. The van der Waals surface area contributed by atoms with E-state index < -0.39 is 11.7 Å². The molecule has 0 aliphatic heterocycles. The Morgan fingerprint density at radius 3 is 2.43 bits per heavy atom. The fourth-order valence-corrected chi connectivity index (χ4v) is 1.85. The molecule has 0 aliphatic carbocycles. The van der Waals surface area contributed by atoms with E-state index in [0.717, 1.165) is 18.7 Å². The highest BCUT2D eigenvalue weighted by Crippen LogP contribution is 2.29. The van der Waals surface area contributed by atoms with Gasteiger partial charge in [0.05, 0.1) is 29.2 Å². The van der Waals surface area contributed by atoms with Crippen LogP contribution in [-0.4, -0.2) is 21.5 Å². The van der Waals surface area contributed by atoms with Crippen molar-refractivity contribution in [1.82, 2.24) is 20.3 Å². The van der Waals surface area contributed by atoms with Crippen molar-refractivity contribution in [3.8, 4) is 0 Å². The minimum Gasteiger partial charge on any atom is -0.304 e. The minimum atomic E-state index is -4.38. The van der Waals surface area contributed by atoms with Crippen LogP contribution in [0.1, 0.15) is 36.3 Å². The lowest BCUT2D eigenvalue weighted by Crippen LogP contribution is -2.25. The highest BCUT2D eigenvalue weighted by atomic mass is 19.4. The Kier molecular flexibility index (Phi) is 4.85. The fourth-order valence-electron chi connectivity index (χ4n) is 1.85. The number of pyridine rings is 1. The van der Waals surface area contributed by atoms with E-state index in [2.05, 4.69) is 20.3 Å². The average Bonchev–Trinajstić information content (AvgIpc) is 2.48. The zero-order valence-electron chi connectivity index (χ0n) is 11.4. The van der Waals surface area contributed by atoms with Gasteiger partial charge in [-0.25, -0.2) is 0 Å². The van der Waals surface area contributed by atoms with Gasteiger partial charge in [-0.05, 0) is 25.1 Å². The molecule has 0 fully saturated rings. The maximum Gasteiger partial charge on any atom is 0.417 e. The summed E-state index contributed by atoms with van der Waals surface area (Å²) in [4.78, 5) is 12.1. The quantitative estimate of drug-likeness (QED) is 0.921. The molecule has 0 aliphatic rings. The second-order valence-corrected chi connectivity index (χ2v) is 4.49. The first-order valence-corrected chi connectivity index (χ1v) is 6.55. The van der Waals surface area contributed by atoms with Gasteiger partial charge < -0.3 is 5.32 Å². The molecule has 1 atom stereocenters. The monoisotopic (exact) mass is 296 g/mol. The molecule has 0 saturated heterocycles. The van der Waals surface area contributed by atoms with Crippen molar-refractivity contribution >= 4 is 0 Å². The van der Waals surface area contributed by atoms with Crippen LogP contribution in [0.3, 0.4) is 0 Å². The Bertz CT molecular complexity index is 555. The molecule has 2 aromatic rings. The summed E-state index contributed by atoms with van der Waals surface area (Å²) in [6.07, 6.45) is 2.00. The van der Waals surface area contributed by atoms with Gasteiger partial charge in [-0.15, -0.1) is 0 Å². The second kappa shape index (κ2) is 6.62. The van der Waals surface area contributed by atoms with E-state index in [1.807, 2.05) is 6.92 Å². The Labute approximate surface area is 120 Å². The van der Waals surface area contributed by atoms with E-state index in [4.69, 9.17) is 0 Å². The molecule has 4 nitrogen and oxygen atoms in total. The molecule has 0 amide bonds. The lowest BCUT2D eigenvalue weighted by atomic mass is 10.1. The summed E-state index contributed by atoms with van der Waals surface area (Å²) < 4.78 is 37.7. The fraction of sp³-hybridized carbons (Fsp3) is 0.357. The number of halogens is 3. The molecular formula is C14H15F3N4. The number of aromatic nitrogens is 3. The van der Waals surface area contributed by atoms with Crippen LogP contribution in [0.15, 0.2) is 36.9 Å². The van der Waals surface area contributed by atoms with Crippen molar-refractivity contribution in [3.05, 3.63) is 53.9 Å². The number of nitrogens with zero attached hydrogens (tertiary/aromatic N) is 3. The smallest absolute Gasteiger partial charge is 0.304 e. The predicted octanol–water partition coefficient (Wildman–Crippen LogP) is 2.98. The summed E-state index contributed by atoms with van der Waals surface area (Å²) >= 11 is 0. The standard InChI is InChI=1S/C14H15F3N4/c1-2-5-20-13(12-9-18-6-7-19-12)11-4-3-10(8-21-11)14(15,16)17/h3-4,6-9,13,20H,2,5H2,1H3. The van der Waals surface area contributed by atoms with Crippen LogP contribution in [0.2, 0.25) is 0 Å². The predicted molar refractivity (Wildman–Crippen MR) is 71.4 cm³/mol. The third-order valence-corrected chi connectivity index (χ3v) is 2.89. The Morgan fingerprint density at radius 2 is 1.90 bits per heavy atom. The zero-order chi connectivity index (χ0) is 15.3. The van der Waals surface area contributed by atoms with Crippen LogP contribution in [0.4, 0.5) is 13.2 Å². The highest BCUT2D eigenvalue weighted by Gasteiger charge is 2.31. The van der Waals surface area contributed by atoms with Gasteiger partial charge in [0.25, 0.3) is 0 Å². The van der Waals surface area contributed by atoms with E-state index in [-0.39, 0.29) is 6.04 Å². The molecule has 21 heavy (non-hydrogen) atoms.